The lowest BCUT2D eigenvalue weighted by atomic mass is 9.84. The molecule has 1 unspecified atom stereocenters. The summed E-state index contributed by atoms with van der Waals surface area (Å²) in [6, 6.07) is 12.6. The predicted octanol–water partition coefficient (Wildman–Crippen LogP) is 4.22. The molecular weight excluding hydrogens is 438 g/mol. The Morgan fingerprint density at radius 3 is 2.70 bits per heavy atom. The Balaban J connectivity index is 1.79. The van der Waals surface area contributed by atoms with E-state index in [0.29, 0.717) is 33.9 Å². The van der Waals surface area contributed by atoms with Gasteiger partial charge in [0.05, 0.1) is 16.6 Å². The van der Waals surface area contributed by atoms with Gasteiger partial charge in [-0.2, -0.15) is 0 Å². The lowest BCUT2D eigenvalue weighted by molar-refractivity contribution is -0.121. The van der Waals surface area contributed by atoms with Crippen molar-refractivity contribution in [2.75, 3.05) is 16.3 Å². The van der Waals surface area contributed by atoms with E-state index in [0.717, 1.165) is 12.0 Å². The number of nitrogens with zero attached hydrogens (tertiary/aromatic N) is 3. The first kappa shape index (κ1) is 19.9. The van der Waals surface area contributed by atoms with Gasteiger partial charge in [-0.3, -0.25) is 19.3 Å². The number of amides is 2. The largest absolute Gasteiger partial charge is 0.450 e. The van der Waals surface area contributed by atoms with Gasteiger partial charge in [0, 0.05) is 23.7 Å². The number of rotatable bonds is 3. The van der Waals surface area contributed by atoms with Crippen molar-refractivity contribution in [1.82, 2.24) is 4.98 Å². The molecule has 7 nitrogen and oxygen atoms in total. The summed E-state index contributed by atoms with van der Waals surface area (Å²) in [6.07, 6.45) is 2.30. The predicted molar refractivity (Wildman–Crippen MR) is 126 cm³/mol. The van der Waals surface area contributed by atoms with E-state index >= 15 is 0 Å². The maximum Gasteiger partial charge on any atom is 0.297 e. The van der Waals surface area contributed by atoms with E-state index in [-0.39, 0.29) is 22.7 Å². The summed E-state index contributed by atoms with van der Waals surface area (Å²) < 4.78 is 6.04. The fraction of sp³-hybridized carbons (Fsp3) is 0.200. The Hall–Kier alpha value is -3.78. The normalized spacial score (nSPS) is 19.1. The topological polar surface area (TPSA) is 83.7 Å². The molecule has 0 saturated carbocycles. The number of carbonyl (C=O) groups excluding carboxylic acids is 2. The van der Waals surface area contributed by atoms with E-state index in [2.05, 4.69) is 4.98 Å². The summed E-state index contributed by atoms with van der Waals surface area (Å²) in [7, 11) is 0. The van der Waals surface area contributed by atoms with Crippen LogP contribution in [0, 0.1) is 6.92 Å². The third-order valence-corrected chi connectivity index (χ3v) is 7.09. The van der Waals surface area contributed by atoms with Crippen LogP contribution in [0.4, 0.5) is 10.8 Å². The minimum atomic E-state index is -1.66. The quantitative estimate of drug-likeness (QED) is 0.460. The van der Waals surface area contributed by atoms with Crippen molar-refractivity contribution in [2.45, 2.75) is 25.8 Å². The molecule has 8 heteroatoms. The molecule has 6 rings (SSSR count). The molecule has 0 fully saturated rings. The fourth-order valence-electron chi connectivity index (χ4n) is 5.05. The highest BCUT2D eigenvalue weighted by molar-refractivity contribution is 7.13. The van der Waals surface area contributed by atoms with Crippen molar-refractivity contribution < 1.29 is 14.0 Å². The van der Waals surface area contributed by atoms with E-state index < -0.39 is 11.4 Å². The van der Waals surface area contributed by atoms with E-state index in [4.69, 9.17) is 4.42 Å². The number of aromatic nitrogens is 1. The number of fused-ring (bicyclic) bond motifs is 5. The average molecular weight is 458 g/mol. The molecule has 4 aromatic rings. The maximum atomic E-state index is 14.3. The molecule has 1 atom stereocenters. The molecule has 2 aromatic carbocycles. The first-order valence-corrected chi connectivity index (χ1v) is 11.6. The van der Waals surface area contributed by atoms with Gasteiger partial charge < -0.3 is 9.32 Å². The first-order valence-electron chi connectivity index (χ1n) is 10.7. The Morgan fingerprint density at radius 1 is 1.12 bits per heavy atom. The van der Waals surface area contributed by atoms with Crippen molar-refractivity contribution in [1.29, 1.82) is 0 Å². The molecule has 2 aliphatic heterocycles. The van der Waals surface area contributed by atoms with Crippen molar-refractivity contribution >= 4 is 44.9 Å². The van der Waals surface area contributed by atoms with Crippen LogP contribution in [0.2, 0.25) is 0 Å². The van der Waals surface area contributed by atoms with Crippen molar-refractivity contribution in [3.05, 3.63) is 86.7 Å². The standard InChI is InChI=1S/C25H19N3O4S/c1-3-11-27-17-7-5-4-6-16(17)25(23(27)31)19-20(29)15-13-14(2)8-9-18(15)32-21(19)22(30)28(25)24-26-10-12-33-24/h4-10,12-13H,3,11H2,1-2H3. The lowest BCUT2D eigenvalue weighted by Gasteiger charge is -2.32. The summed E-state index contributed by atoms with van der Waals surface area (Å²) in [5, 5.41) is 2.43. The second-order valence-electron chi connectivity index (χ2n) is 8.27. The van der Waals surface area contributed by atoms with Crippen LogP contribution in [0.3, 0.4) is 0 Å². The van der Waals surface area contributed by atoms with Gasteiger partial charge in [-0.15, -0.1) is 11.3 Å². The van der Waals surface area contributed by atoms with Crippen molar-refractivity contribution in [3.63, 3.8) is 0 Å². The van der Waals surface area contributed by atoms with Crippen LogP contribution in [0.25, 0.3) is 11.0 Å². The minimum absolute atomic E-state index is 0.0665. The van der Waals surface area contributed by atoms with E-state index in [1.165, 1.54) is 16.2 Å². The number of thiazole rings is 1. The van der Waals surface area contributed by atoms with Gasteiger partial charge in [0.15, 0.2) is 16.1 Å². The third kappa shape index (κ3) is 2.38. The maximum absolute atomic E-state index is 14.3. The van der Waals surface area contributed by atoms with Crippen LogP contribution in [0.5, 0.6) is 0 Å². The van der Waals surface area contributed by atoms with Crippen LogP contribution in [-0.4, -0.2) is 23.3 Å². The Bertz CT molecular complexity index is 1520. The van der Waals surface area contributed by atoms with Gasteiger partial charge in [0.2, 0.25) is 5.76 Å². The lowest BCUT2D eigenvalue weighted by Crippen LogP contribution is -2.53. The van der Waals surface area contributed by atoms with Crippen molar-refractivity contribution in [2.24, 2.45) is 0 Å². The highest BCUT2D eigenvalue weighted by Crippen LogP contribution is 2.54. The van der Waals surface area contributed by atoms with Gasteiger partial charge in [-0.05, 0) is 31.5 Å². The SMILES string of the molecule is CCCN1C(=O)C2(c3ccccc31)c1c(oc3ccc(C)cc3c1=O)C(=O)N2c1nccs1. The minimum Gasteiger partial charge on any atom is -0.450 e. The molecule has 0 bridgehead atoms. The number of aryl methyl sites for hydroxylation is 1. The summed E-state index contributed by atoms with van der Waals surface area (Å²) >= 11 is 1.24. The summed E-state index contributed by atoms with van der Waals surface area (Å²) in [6.45, 7) is 4.33. The highest BCUT2D eigenvalue weighted by Gasteiger charge is 2.66. The number of hydrogen-bond donors (Lipinski definition) is 0. The van der Waals surface area contributed by atoms with Gasteiger partial charge in [0.25, 0.3) is 11.8 Å². The number of carbonyl (C=O) groups is 2. The van der Waals surface area contributed by atoms with Crippen LogP contribution in [-0.2, 0) is 10.3 Å². The van der Waals surface area contributed by atoms with Gasteiger partial charge in [-0.25, -0.2) is 4.98 Å². The number of hydrogen-bond acceptors (Lipinski definition) is 6. The zero-order valence-electron chi connectivity index (χ0n) is 18.0. The fourth-order valence-corrected chi connectivity index (χ4v) is 5.74. The zero-order valence-corrected chi connectivity index (χ0v) is 18.8. The van der Waals surface area contributed by atoms with Crippen LogP contribution in [0.1, 0.15) is 40.6 Å². The molecule has 2 aliphatic rings. The van der Waals surface area contributed by atoms with E-state index in [1.54, 1.807) is 28.6 Å². The monoisotopic (exact) mass is 457 g/mol. The summed E-state index contributed by atoms with van der Waals surface area (Å²) in [5.74, 6) is -0.985. The Kier molecular flexibility index (Phi) is 4.13. The van der Waals surface area contributed by atoms with Gasteiger partial charge in [-0.1, -0.05) is 36.8 Å². The second-order valence-corrected chi connectivity index (χ2v) is 9.15. The Morgan fingerprint density at radius 2 is 1.94 bits per heavy atom. The molecule has 0 radical (unpaired) electrons. The molecule has 0 saturated heterocycles. The highest BCUT2D eigenvalue weighted by atomic mass is 32.1. The van der Waals surface area contributed by atoms with Gasteiger partial charge in [0.1, 0.15) is 5.58 Å². The Labute approximate surface area is 192 Å². The van der Waals surface area contributed by atoms with Crippen LogP contribution >= 0.6 is 11.3 Å². The number of para-hydroxylation sites is 1. The molecule has 4 heterocycles. The molecule has 0 aliphatic carbocycles. The zero-order chi connectivity index (χ0) is 22.9. The molecular formula is C25H19N3O4S. The molecule has 0 N–H and O–H groups in total. The van der Waals surface area contributed by atoms with E-state index in [9.17, 15) is 14.4 Å². The summed E-state index contributed by atoms with van der Waals surface area (Å²) in [4.78, 5) is 49.5. The molecule has 2 aromatic heterocycles. The first-order chi connectivity index (χ1) is 16.0. The van der Waals surface area contributed by atoms with Gasteiger partial charge >= 0.3 is 0 Å². The molecule has 1 spiro atoms. The second kappa shape index (κ2) is 6.86. The van der Waals surface area contributed by atoms with Crippen LogP contribution < -0.4 is 15.2 Å². The van der Waals surface area contributed by atoms with Crippen LogP contribution in [0.15, 0.2) is 63.3 Å². The molecule has 2 amide bonds. The third-order valence-electron chi connectivity index (χ3n) is 6.34. The average Bonchev–Trinajstić information content (AvgIpc) is 3.48. The number of benzene rings is 2. The number of anilines is 2. The van der Waals surface area contributed by atoms with Crippen molar-refractivity contribution in [3.8, 4) is 0 Å². The molecule has 33 heavy (non-hydrogen) atoms. The summed E-state index contributed by atoms with van der Waals surface area (Å²) in [5.41, 5.74) is 0.517. The smallest absolute Gasteiger partial charge is 0.297 e. The van der Waals surface area contributed by atoms with E-state index in [1.807, 2.05) is 44.2 Å². The molecule has 164 valence electrons.